The van der Waals surface area contributed by atoms with Crippen LogP contribution >= 0.6 is 0 Å². The summed E-state index contributed by atoms with van der Waals surface area (Å²) in [6, 6.07) is 22.2. The van der Waals surface area contributed by atoms with Crippen molar-refractivity contribution in [3.8, 4) is 11.5 Å². The van der Waals surface area contributed by atoms with Gasteiger partial charge in [0, 0.05) is 24.0 Å². The Balaban J connectivity index is 1.38. The van der Waals surface area contributed by atoms with Crippen LogP contribution in [0.5, 0.6) is 11.5 Å². The van der Waals surface area contributed by atoms with Gasteiger partial charge in [-0.1, -0.05) is 42.0 Å². The third-order valence-corrected chi connectivity index (χ3v) is 4.81. The fourth-order valence-corrected chi connectivity index (χ4v) is 3.02. The Morgan fingerprint density at radius 1 is 0.742 bits per heavy atom. The second kappa shape index (κ2) is 11.0. The molecule has 0 fully saturated rings. The number of benzene rings is 3. The zero-order valence-corrected chi connectivity index (χ0v) is 17.5. The Hall–Kier alpha value is -3.60. The van der Waals surface area contributed by atoms with Crippen molar-refractivity contribution in [3.05, 3.63) is 95.1 Å². The van der Waals surface area contributed by atoms with Gasteiger partial charge in [-0.3, -0.25) is 9.59 Å². The predicted octanol–water partition coefficient (Wildman–Crippen LogP) is 5.09. The van der Waals surface area contributed by atoms with E-state index in [0.29, 0.717) is 42.9 Å². The monoisotopic (exact) mass is 418 g/mol. The molecular formula is C26H26O5. The van der Waals surface area contributed by atoms with Crippen molar-refractivity contribution in [3.63, 3.8) is 0 Å². The van der Waals surface area contributed by atoms with Gasteiger partial charge in [-0.2, -0.15) is 0 Å². The van der Waals surface area contributed by atoms with Crippen LogP contribution in [0.4, 0.5) is 0 Å². The van der Waals surface area contributed by atoms with E-state index in [2.05, 4.69) is 0 Å². The van der Waals surface area contributed by atoms with Gasteiger partial charge in [0.1, 0.15) is 11.5 Å². The summed E-state index contributed by atoms with van der Waals surface area (Å²) >= 11 is 0. The molecule has 0 saturated heterocycles. The van der Waals surface area contributed by atoms with E-state index >= 15 is 0 Å². The molecule has 3 aromatic carbocycles. The summed E-state index contributed by atoms with van der Waals surface area (Å²) in [4.78, 5) is 23.1. The van der Waals surface area contributed by atoms with E-state index in [1.54, 1.807) is 24.3 Å². The zero-order valence-electron chi connectivity index (χ0n) is 17.5. The average molecular weight is 418 g/mol. The maximum Gasteiger partial charge on any atom is 0.303 e. The summed E-state index contributed by atoms with van der Waals surface area (Å²) in [5.41, 5.74) is 3.40. The molecule has 5 heteroatoms. The lowest BCUT2D eigenvalue weighted by Crippen LogP contribution is -2.05. The highest BCUT2D eigenvalue weighted by molar-refractivity contribution is 6.09. The molecule has 0 aliphatic heterocycles. The molecule has 3 rings (SSSR count). The van der Waals surface area contributed by atoms with Crippen LogP contribution in [0.25, 0.3) is 0 Å². The lowest BCUT2D eigenvalue weighted by atomic mass is 10.0. The minimum Gasteiger partial charge on any atom is -0.493 e. The average Bonchev–Trinajstić information content (AvgIpc) is 2.79. The minimum atomic E-state index is -0.798. The largest absolute Gasteiger partial charge is 0.493 e. The first-order valence-corrected chi connectivity index (χ1v) is 10.3. The van der Waals surface area contributed by atoms with E-state index in [1.165, 1.54) is 0 Å². The van der Waals surface area contributed by atoms with E-state index in [9.17, 15) is 9.59 Å². The molecule has 0 aliphatic carbocycles. The number of aliphatic carboxylic acids is 1. The molecule has 1 N–H and O–H groups in total. The van der Waals surface area contributed by atoms with E-state index in [4.69, 9.17) is 14.6 Å². The molecule has 0 bridgehead atoms. The van der Waals surface area contributed by atoms with Crippen LogP contribution in [-0.4, -0.2) is 30.1 Å². The Labute approximate surface area is 182 Å². The van der Waals surface area contributed by atoms with Crippen LogP contribution in [0.15, 0.2) is 72.8 Å². The first-order chi connectivity index (χ1) is 15.0. The summed E-state index contributed by atoms with van der Waals surface area (Å²) in [7, 11) is 0. The maximum absolute atomic E-state index is 12.5. The van der Waals surface area contributed by atoms with Crippen molar-refractivity contribution < 1.29 is 24.2 Å². The lowest BCUT2D eigenvalue weighted by Gasteiger charge is -2.09. The SMILES string of the molecule is Cc1ccc(C(=O)c2ccc(OCCCOc3ccc(CCC(=O)O)cc3)cc2)cc1. The minimum absolute atomic E-state index is 0.00562. The van der Waals surface area contributed by atoms with Crippen molar-refractivity contribution in [2.24, 2.45) is 0 Å². The first kappa shape index (κ1) is 22.1. The molecule has 5 nitrogen and oxygen atoms in total. The summed E-state index contributed by atoms with van der Waals surface area (Å²) in [6.45, 7) is 3.01. The van der Waals surface area contributed by atoms with E-state index < -0.39 is 5.97 Å². The Morgan fingerprint density at radius 2 is 1.23 bits per heavy atom. The summed E-state index contributed by atoms with van der Waals surface area (Å²) in [6.07, 6.45) is 1.35. The maximum atomic E-state index is 12.5. The molecule has 160 valence electrons. The van der Waals surface area contributed by atoms with Crippen molar-refractivity contribution in [2.45, 2.75) is 26.2 Å². The van der Waals surface area contributed by atoms with Crippen LogP contribution in [0.3, 0.4) is 0 Å². The molecular weight excluding hydrogens is 392 g/mol. The van der Waals surface area contributed by atoms with Gasteiger partial charge in [-0.15, -0.1) is 0 Å². The molecule has 0 radical (unpaired) electrons. The number of carboxylic acids is 1. The molecule has 0 heterocycles. The van der Waals surface area contributed by atoms with E-state index in [0.717, 1.165) is 16.9 Å². The number of hydrogen-bond donors (Lipinski definition) is 1. The standard InChI is InChI=1S/C26H26O5/c1-19-3-8-21(9-4-19)26(29)22-10-14-24(15-11-22)31-18-2-17-30-23-12-5-20(6-13-23)7-16-25(27)28/h3-6,8-15H,2,7,16-18H2,1H3,(H,27,28). The van der Waals surface area contributed by atoms with Gasteiger partial charge >= 0.3 is 5.97 Å². The second-order valence-electron chi connectivity index (χ2n) is 7.31. The van der Waals surface area contributed by atoms with E-state index in [-0.39, 0.29) is 12.2 Å². The molecule has 0 spiro atoms. The highest BCUT2D eigenvalue weighted by Crippen LogP contribution is 2.17. The molecule has 31 heavy (non-hydrogen) atoms. The fraction of sp³-hybridized carbons (Fsp3) is 0.231. The molecule has 0 aliphatic rings. The zero-order chi connectivity index (χ0) is 22.1. The van der Waals surface area contributed by atoms with Crippen LogP contribution in [0.2, 0.25) is 0 Å². The number of ketones is 1. The smallest absolute Gasteiger partial charge is 0.303 e. The number of carbonyl (C=O) groups is 2. The lowest BCUT2D eigenvalue weighted by molar-refractivity contribution is -0.136. The van der Waals surface area contributed by atoms with Gasteiger partial charge in [-0.05, 0) is 55.3 Å². The van der Waals surface area contributed by atoms with Crippen LogP contribution in [0, 0.1) is 6.92 Å². The quantitative estimate of drug-likeness (QED) is 0.347. The van der Waals surface area contributed by atoms with Crippen molar-refractivity contribution in [1.82, 2.24) is 0 Å². The van der Waals surface area contributed by atoms with Gasteiger partial charge in [0.05, 0.1) is 13.2 Å². The van der Waals surface area contributed by atoms with Crippen molar-refractivity contribution in [2.75, 3.05) is 13.2 Å². The summed E-state index contributed by atoms with van der Waals surface area (Å²) < 4.78 is 11.4. The number of rotatable bonds is 11. The van der Waals surface area contributed by atoms with Gasteiger partial charge in [0.15, 0.2) is 5.78 Å². The molecule has 0 amide bonds. The normalized spacial score (nSPS) is 10.5. The topological polar surface area (TPSA) is 72.8 Å². The number of carbonyl (C=O) groups excluding carboxylic acids is 1. The number of ether oxygens (including phenoxy) is 2. The third-order valence-electron chi connectivity index (χ3n) is 4.81. The highest BCUT2D eigenvalue weighted by Gasteiger charge is 2.08. The van der Waals surface area contributed by atoms with Gasteiger partial charge < -0.3 is 14.6 Å². The predicted molar refractivity (Wildman–Crippen MR) is 119 cm³/mol. The Bertz CT molecular complexity index is 989. The van der Waals surface area contributed by atoms with Gasteiger partial charge in [-0.25, -0.2) is 0 Å². The Morgan fingerprint density at radius 3 is 1.74 bits per heavy atom. The number of hydrogen-bond acceptors (Lipinski definition) is 4. The number of aryl methyl sites for hydroxylation is 2. The van der Waals surface area contributed by atoms with Crippen LogP contribution < -0.4 is 9.47 Å². The second-order valence-corrected chi connectivity index (χ2v) is 7.31. The first-order valence-electron chi connectivity index (χ1n) is 10.3. The third kappa shape index (κ3) is 7.00. The van der Waals surface area contributed by atoms with Crippen LogP contribution in [-0.2, 0) is 11.2 Å². The van der Waals surface area contributed by atoms with Gasteiger partial charge in [0.25, 0.3) is 0 Å². The van der Waals surface area contributed by atoms with E-state index in [1.807, 2.05) is 55.5 Å². The molecule has 3 aromatic rings. The fourth-order valence-electron chi connectivity index (χ4n) is 3.02. The summed E-state index contributed by atoms with van der Waals surface area (Å²) in [5.74, 6) is 0.656. The van der Waals surface area contributed by atoms with Gasteiger partial charge in [0.2, 0.25) is 0 Å². The molecule has 0 unspecified atom stereocenters. The highest BCUT2D eigenvalue weighted by atomic mass is 16.5. The van der Waals surface area contributed by atoms with Crippen LogP contribution in [0.1, 0.15) is 39.9 Å². The summed E-state index contributed by atoms with van der Waals surface area (Å²) in [5, 5.41) is 8.72. The molecule has 0 saturated carbocycles. The number of carboxylic acid groups (broad SMARTS) is 1. The molecule has 0 aromatic heterocycles. The van der Waals surface area contributed by atoms with Crippen molar-refractivity contribution >= 4 is 11.8 Å². The van der Waals surface area contributed by atoms with Crippen molar-refractivity contribution in [1.29, 1.82) is 0 Å². The Kier molecular flexibility index (Phi) is 7.82. The molecule has 0 atom stereocenters.